The van der Waals surface area contributed by atoms with Crippen molar-refractivity contribution in [2.75, 3.05) is 13.2 Å². The van der Waals surface area contributed by atoms with Crippen molar-refractivity contribution in [1.29, 1.82) is 0 Å². The fourth-order valence-electron chi connectivity index (χ4n) is 2.01. The standard InChI is InChI=1S/C10H21NO11S2/c1-2-3-4-19-10(9(14)22-24(11,17)18)8(13)7(12)6(5-20-10)21-23(15)16/h6-9,12-14H,2-5H2,1H3,(H,15,16)(H2,11,17,18)/p-1/t6-,7-,8+,9?,10+/m1/s1. The van der Waals surface area contributed by atoms with Gasteiger partial charge < -0.3 is 29.3 Å². The van der Waals surface area contributed by atoms with E-state index in [9.17, 15) is 32.5 Å². The molecule has 0 spiro atoms. The SMILES string of the molecule is CCCCO[C@]1(C(O)OS(N)(=O)=O)OC[C@@H](OS(=O)[O-])[C@@H](O)[C@@H]1O. The van der Waals surface area contributed by atoms with Crippen LogP contribution in [0.1, 0.15) is 19.8 Å². The van der Waals surface area contributed by atoms with Crippen molar-refractivity contribution < 1.29 is 50.3 Å². The number of nitrogens with two attached hydrogens (primary N) is 1. The molecule has 1 aliphatic rings. The van der Waals surface area contributed by atoms with E-state index in [-0.39, 0.29) is 6.61 Å². The van der Waals surface area contributed by atoms with Crippen molar-refractivity contribution in [2.24, 2.45) is 5.14 Å². The third-order valence-corrected chi connectivity index (χ3v) is 4.04. The molecule has 0 aromatic rings. The molecule has 1 fully saturated rings. The summed E-state index contributed by atoms with van der Waals surface area (Å²) in [5.41, 5.74) is 0. The van der Waals surface area contributed by atoms with Gasteiger partial charge in [0, 0.05) is 0 Å². The first kappa shape index (κ1) is 21.8. The zero-order valence-corrected chi connectivity index (χ0v) is 14.3. The number of aliphatic hydroxyl groups is 3. The van der Waals surface area contributed by atoms with E-state index in [1.165, 1.54) is 0 Å². The lowest BCUT2D eigenvalue weighted by molar-refractivity contribution is -0.391. The molecular formula is C10H20NO11S2-. The van der Waals surface area contributed by atoms with Gasteiger partial charge in [-0.1, -0.05) is 13.3 Å². The summed E-state index contributed by atoms with van der Waals surface area (Å²) in [5.74, 6) is -2.51. The van der Waals surface area contributed by atoms with Crippen LogP contribution < -0.4 is 5.14 Å². The van der Waals surface area contributed by atoms with Crippen molar-refractivity contribution >= 4 is 21.7 Å². The molecular weight excluding hydrogens is 374 g/mol. The summed E-state index contributed by atoms with van der Waals surface area (Å²) in [6.07, 6.45) is -6.82. The summed E-state index contributed by atoms with van der Waals surface area (Å²) >= 11 is -3.01. The van der Waals surface area contributed by atoms with Crippen LogP contribution in [0.25, 0.3) is 0 Å². The van der Waals surface area contributed by atoms with Gasteiger partial charge in [0.25, 0.3) is 5.79 Å². The van der Waals surface area contributed by atoms with E-state index in [1.54, 1.807) is 0 Å². The van der Waals surface area contributed by atoms with Crippen LogP contribution in [-0.2, 0) is 39.5 Å². The predicted molar refractivity (Wildman–Crippen MR) is 75.5 cm³/mol. The molecule has 0 amide bonds. The van der Waals surface area contributed by atoms with Gasteiger partial charge in [-0.3, -0.25) is 4.18 Å². The van der Waals surface area contributed by atoms with Crippen molar-refractivity contribution in [3.05, 3.63) is 0 Å². The van der Waals surface area contributed by atoms with E-state index in [2.05, 4.69) is 13.5 Å². The monoisotopic (exact) mass is 394 g/mol. The van der Waals surface area contributed by atoms with Crippen LogP contribution in [0.3, 0.4) is 0 Å². The molecule has 0 radical (unpaired) electrons. The van der Waals surface area contributed by atoms with E-state index >= 15 is 0 Å². The minimum absolute atomic E-state index is 0.0929. The van der Waals surface area contributed by atoms with Crippen LogP contribution in [0.2, 0.25) is 0 Å². The summed E-state index contributed by atoms with van der Waals surface area (Å²) in [7, 11) is -4.65. The fraction of sp³-hybridized carbons (Fsp3) is 1.00. The van der Waals surface area contributed by atoms with Gasteiger partial charge in [-0.2, -0.15) is 8.42 Å². The normalized spacial score (nSPS) is 34.0. The molecule has 1 aliphatic heterocycles. The van der Waals surface area contributed by atoms with E-state index in [4.69, 9.17) is 9.47 Å². The Kier molecular flexibility index (Phi) is 8.08. The van der Waals surface area contributed by atoms with Gasteiger partial charge >= 0.3 is 10.3 Å². The van der Waals surface area contributed by atoms with E-state index in [0.717, 1.165) is 0 Å². The van der Waals surface area contributed by atoms with Gasteiger partial charge in [0.15, 0.2) is 0 Å². The molecule has 12 nitrogen and oxygen atoms in total. The topological polar surface area (TPSA) is 198 Å². The second kappa shape index (κ2) is 8.91. The van der Waals surface area contributed by atoms with Crippen LogP contribution >= 0.6 is 0 Å². The maximum atomic E-state index is 11.0. The third-order valence-electron chi connectivity index (χ3n) is 3.19. The molecule has 0 aromatic heterocycles. The van der Waals surface area contributed by atoms with Gasteiger partial charge in [0.2, 0.25) is 6.29 Å². The zero-order chi connectivity index (χ0) is 18.5. The number of rotatable bonds is 9. The maximum absolute atomic E-state index is 11.0. The third kappa shape index (κ3) is 5.63. The minimum atomic E-state index is -4.65. The summed E-state index contributed by atoms with van der Waals surface area (Å²) in [6, 6.07) is 0. The molecule has 1 heterocycles. The first-order valence-electron chi connectivity index (χ1n) is 6.83. The first-order valence-corrected chi connectivity index (χ1v) is 9.30. The largest absolute Gasteiger partial charge is 0.750 e. The van der Waals surface area contributed by atoms with Crippen LogP contribution in [-0.4, -0.2) is 76.1 Å². The van der Waals surface area contributed by atoms with Gasteiger partial charge in [-0.05, 0) is 6.42 Å². The molecule has 1 saturated heterocycles. The molecule has 0 saturated carbocycles. The number of hydrogen-bond donors (Lipinski definition) is 4. The summed E-state index contributed by atoms with van der Waals surface area (Å²) < 4.78 is 61.9. The van der Waals surface area contributed by atoms with E-state index in [1.807, 2.05) is 6.92 Å². The van der Waals surface area contributed by atoms with Gasteiger partial charge in [0.1, 0.15) is 18.3 Å². The van der Waals surface area contributed by atoms with Crippen LogP contribution in [0.5, 0.6) is 0 Å². The minimum Gasteiger partial charge on any atom is -0.750 e. The molecule has 24 heavy (non-hydrogen) atoms. The Morgan fingerprint density at radius 2 is 2.12 bits per heavy atom. The Labute approximate surface area is 141 Å². The number of ether oxygens (including phenoxy) is 2. The Hall–Kier alpha value is -0.260. The predicted octanol–water partition coefficient (Wildman–Crippen LogP) is -3.03. The molecule has 6 atom stereocenters. The quantitative estimate of drug-likeness (QED) is 0.176. The molecule has 0 aromatic carbocycles. The summed E-state index contributed by atoms with van der Waals surface area (Å²) in [5, 5.41) is 34.8. The second-order valence-corrected chi connectivity index (χ2v) is 6.73. The summed E-state index contributed by atoms with van der Waals surface area (Å²) in [4.78, 5) is 0. The lowest BCUT2D eigenvalue weighted by Gasteiger charge is -2.46. The summed E-state index contributed by atoms with van der Waals surface area (Å²) in [6.45, 7) is 1.07. The Bertz CT molecular complexity index is 529. The lowest BCUT2D eigenvalue weighted by atomic mass is 9.96. The zero-order valence-electron chi connectivity index (χ0n) is 12.6. The highest BCUT2D eigenvalue weighted by Gasteiger charge is 2.57. The molecule has 0 aliphatic carbocycles. The van der Waals surface area contributed by atoms with Crippen molar-refractivity contribution in [3.8, 4) is 0 Å². The number of hydrogen-bond acceptors (Lipinski definition) is 11. The Balaban J connectivity index is 3.03. The molecule has 0 bridgehead atoms. The fourth-order valence-corrected chi connectivity index (χ4v) is 2.77. The van der Waals surface area contributed by atoms with E-state index < -0.39 is 58.7 Å². The van der Waals surface area contributed by atoms with Crippen LogP contribution in [0.15, 0.2) is 0 Å². The molecule has 1 rings (SSSR count). The van der Waals surface area contributed by atoms with Gasteiger partial charge in [-0.15, -0.1) is 0 Å². The lowest BCUT2D eigenvalue weighted by Crippen LogP contribution is -2.68. The maximum Gasteiger partial charge on any atom is 0.335 e. The molecule has 5 N–H and O–H groups in total. The highest BCUT2D eigenvalue weighted by atomic mass is 32.2. The molecule has 144 valence electrons. The van der Waals surface area contributed by atoms with E-state index in [0.29, 0.717) is 12.8 Å². The first-order chi connectivity index (χ1) is 11.0. The van der Waals surface area contributed by atoms with Crippen molar-refractivity contribution in [2.45, 2.75) is 50.2 Å². The smallest absolute Gasteiger partial charge is 0.335 e. The average molecular weight is 394 g/mol. The highest BCUT2D eigenvalue weighted by molar-refractivity contribution is 7.84. The molecule has 2 unspecified atom stereocenters. The van der Waals surface area contributed by atoms with Gasteiger partial charge in [0.05, 0.1) is 24.6 Å². The Morgan fingerprint density at radius 3 is 2.62 bits per heavy atom. The van der Waals surface area contributed by atoms with Crippen LogP contribution in [0, 0.1) is 0 Å². The van der Waals surface area contributed by atoms with Crippen molar-refractivity contribution in [3.63, 3.8) is 0 Å². The van der Waals surface area contributed by atoms with Crippen LogP contribution in [0.4, 0.5) is 0 Å². The Morgan fingerprint density at radius 1 is 1.50 bits per heavy atom. The van der Waals surface area contributed by atoms with Gasteiger partial charge in [-0.25, -0.2) is 13.5 Å². The average Bonchev–Trinajstić information content (AvgIpc) is 2.44. The second-order valence-electron chi connectivity index (χ2n) is 4.95. The highest BCUT2D eigenvalue weighted by Crippen LogP contribution is 2.33. The van der Waals surface area contributed by atoms with Crippen molar-refractivity contribution in [1.82, 2.24) is 0 Å². The molecule has 14 heteroatoms. The number of aliphatic hydroxyl groups excluding tert-OH is 3. The number of unbranched alkanes of at least 4 members (excludes halogenated alkanes) is 1.